The Hall–Kier alpha value is -1.09. The first-order valence-electron chi connectivity index (χ1n) is 7.41. The fraction of sp³-hybridized carbons (Fsp3) is 0.688. The van der Waals surface area contributed by atoms with Crippen LogP contribution >= 0.6 is 0 Å². The maximum absolute atomic E-state index is 11.3. The summed E-state index contributed by atoms with van der Waals surface area (Å²) in [6.45, 7) is 9.15. The molecule has 0 radical (unpaired) electrons. The van der Waals surface area contributed by atoms with E-state index in [-0.39, 0.29) is 11.8 Å². The van der Waals surface area contributed by atoms with E-state index in [1.165, 1.54) is 24.0 Å². The lowest BCUT2D eigenvalue weighted by molar-refractivity contribution is -0.123. The zero-order chi connectivity index (χ0) is 13.8. The van der Waals surface area contributed by atoms with Crippen LogP contribution in [0.5, 0.6) is 0 Å². The van der Waals surface area contributed by atoms with Gasteiger partial charge >= 0.3 is 0 Å². The molecule has 3 nitrogen and oxygen atoms in total. The van der Waals surface area contributed by atoms with Crippen molar-refractivity contribution in [1.29, 1.82) is 0 Å². The third-order valence-electron chi connectivity index (χ3n) is 4.54. The van der Waals surface area contributed by atoms with E-state index in [2.05, 4.69) is 24.5 Å². The number of rotatable bonds is 4. The largest absolute Gasteiger partial charge is 0.369 e. The van der Waals surface area contributed by atoms with Crippen molar-refractivity contribution in [3.05, 3.63) is 23.8 Å². The van der Waals surface area contributed by atoms with Crippen LogP contribution in [0.2, 0.25) is 0 Å². The maximum atomic E-state index is 11.3. The van der Waals surface area contributed by atoms with Crippen LogP contribution in [0.15, 0.2) is 23.8 Å². The third-order valence-corrected chi connectivity index (χ3v) is 4.54. The van der Waals surface area contributed by atoms with Gasteiger partial charge in [-0.3, -0.25) is 9.69 Å². The lowest BCUT2D eigenvalue weighted by Crippen LogP contribution is -2.42. The van der Waals surface area contributed by atoms with E-state index >= 15 is 0 Å². The summed E-state index contributed by atoms with van der Waals surface area (Å²) in [7, 11) is 0. The molecule has 2 aliphatic rings. The van der Waals surface area contributed by atoms with Gasteiger partial charge in [0.1, 0.15) is 0 Å². The molecule has 1 fully saturated rings. The zero-order valence-corrected chi connectivity index (χ0v) is 12.0. The van der Waals surface area contributed by atoms with Crippen molar-refractivity contribution in [2.45, 2.75) is 39.0 Å². The summed E-state index contributed by atoms with van der Waals surface area (Å²) in [5, 5.41) is 0. The van der Waals surface area contributed by atoms with Gasteiger partial charge in [-0.25, -0.2) is 0 Å². The summed E-state index contributed by atoms with van der Waals surface area (Å²) in [5.41, 5.74) is 8.26. The average Bonchev–Trinajstić information content (AvgIpc) is 2.39. The van der Waals surface area contributed by atoms with Gasteiger partial charge in [-0.1, -0.05) is 23.8 Å². The lowest BCUT2D eigenvalue weighted by Gasteiger charge is -2.33. The highest BCUT2D eigenvalue weighted by molar-refractivity contribution is 5.76. The Kier molecular flexibility index (Phi) is 4.81. The second-order valence-corrected chi connectivity index (χ2v) is 6.16. The molecule has 2 atom stereocenters. The molecule has 106 valence electrons. The number of carbonyl (C=O) groups excluding carboxylic acids is 1. The Morgan fingerprint density at radius 3 is 2.84 bits per heavy atom. The number of nitrogens with zero attached hydrogens (tertiary/aromatic N) is 1. The van der Waals surface area contributed by atoms with Gasteiger partial charge in [-0.2, -0.15) is 0 Å². The molecule has 1 amide bonds. The number of likely N-dealkylation sites (tertiary alicyclic amines) is 1. The molecule has 19 heavy (non-hydrogen) atoms. The molecule has 0 bridgehead atoms. The highest BCUT2D eigenvalue weighted by atomic mass is 16.1. The zero-order valence-electron chi connectivity index (χ0n) is 12.0. The van der Waals surface area contributed by atoms with Crippen LogP contribution in [0.1, 0.15) is 39.0 Å². The number of piperidine rings is 1. The molecular formula is C16H26N2O. The number of nitrogens with two attached hydrogens (primary N) is 1. The first-order chi connectivity index (χ1) is 9.06. The Morgan fingerprint density at radius 2 is 2.26 bits per heavy atom. The fourth-order valence-corrected chi connectivity index (χ4v) is 3.20. The topological polar surface area (TPSA) is 46.3 Å². The summed E-state index contributed by atoms with van der Waals surface area (Å²) >= 11 is 0. The van der Waals surface area contributed by atoms with E-state index in [1.807, 2.05) is 0 Å². The molecule has 1 aliphatic heterocycles. The number of carbonyl (C=O) groups is 1. The van der Waals surface area contributed by atoms with E-state index in [4.69, 9.17) is 5.73 Å². The van der Waals surface area contributed by atoms with Gasteiger partial charge < -0.3 is 5.73 Å². The van der Waals surface area contributed by atoms with Crippen molar-refractivity contribution >= 4 is 5.91 Å². The molecule has 2 unspecified atom stereocenters. The van der Waals surface area contributed by atoms with Crippen molar-refractivity contribution in [3.8, 4) is 0 Å². The lowest BCUT2D eigenvalue weighted by atomic mass is 9.85. The summed E-state index contributed by atoms with van der Waals surface area (Å²) in [5.74, 6) is 0.592. The summed E-state index contributed by atoms with van der Waals surface area (Å²) in [6, 6.07) is 0. The first kappa shape index (κ1) is 14.3. The molecular weight excluding hydrogens is 236 g/mol. The minimum absolute atomic E-state index is 0.0566. The molecule has 2 rings (SSSR count). The Balaban J connectivity index is 1.85. The third kappa shape index (κ3) is 3.93. The van der Waals surface area contributed by atoms with E-state index in [0.29, 0.717) is 5.92 Å². The van der Waals surface area contributed by atoms with Crippen LogP contribution in [-0.4, -0.2) is 30.4 Å². The van der Waals surface area contributed by atoms with Gasteiger partial charge in [0.05, 0.1) is 5.92 Å². The van der Waals surface area contributed by atoms with Crippen molar-refractivity contribution in [2.24, 2.45) is 17.6 Å². The van der Waals surface area contributed by atoms with Crippen LogP contribution in [0.4, 0.5) is 0 Å². The quantitative estimate of drug-likeness (QED) is 0.791. The predicted molar refractivity (Wildman–Crippen MR) is 78.6 cm³/mol. The highest BCUT2D eigenvalue weighted by Crippen LogP contribution is 2.29. The van der Waals surface area contributed by atoms with Crippen molar-refractivity contribution in [1.82, 2.24) is 4.90 Å². The van der Waals surface area contributed by atoms with Gasteiger partial charge in [0, 0.05) is 13.1 Å². The molecule has 0 aromatic rings. The van der Waals surface area contributed by atoms with Crippen molar-refractivity contribution in [2.75, 3.05) is 19.6 Å². The van der Waals surface area contributed by atoms with Gasteiger partial charge in [0.2, 0.25) is 5.91 Å². The minimum Gasteiger partial charge on any atom is -0.369 e. The monoisotopic (exact) mass is 262 g/mol. The van der Waals surface area contributed by atoms with Gasteiger partial charge in [-0.15, -0.1) is 0 Å². The van der Waals surface area contributed by atoms with Crippen LogP contribution in [0.25, 0.3) is 0 Å². The van der Waals surface area contributed by atoms with E-state index in [1.54, 1.807) is 0 Å². The van der Waals surface area contributed by atoms with Crippen LogP contribution in [0.3, 0.4) is 0 Å². The first-order valence-corrected chi connectivity index (χ1v) is 7.41. The Morgan fingerprint density at radius 1 is 1.47 bits per heavy atom. The van der Waals surface area contributed by atoms with Crippen molar-refractivity contribution in [3.63, 3.8) is 0 Å². The van der Waals surface area contributed by atoms with Crippen LogP contribution < -0.4 is 5.73 Å². The van der Waals surface area contributed by atoms with Crippen LogP contribution in [0, 0.1) is 11.8 Å². The molecule has 0 spiro atoms. The Labute approximate surface area is 116 Å². The van der Waals surface area contributed by atoms with Crippen LogP contribution in [-0.2, 0) is 4.79 Å². The standard InChI is InChI=1S/C16H26N2O/c1-12(2)14-7-5-13(6-8-14)10-18-9-3-4-15(11-18)16(17)19/h5,14-15H,1,3-4,6-11H2,2H3,(H2,17,19). The molecule has 0 saturated carbocycles. The summed E-state index contributed by atoms with van der Waals surface area (Å²) in [4.78, 5) is 13.7. The summed E-state index contributed by atoms with van der Waals surface area (Å²) in [6.07, 6.45) is 7.98. The van der Waals surface area contributed by atoms with Gasteiger partial charge in [0.15, 0.2) is 0 Å². The number of hydrogen-bond donors (Lipinski definition) is 1. The summed E-state index contributed by atoms with van der Waals surface area (Å²) < 4.78 is 0. The molecule has 1 heterocycles. The minimum atomic E-state index is -0.135. The van der Waals surface area contributed by atoms with E-state index < -0.39 is 0 Å². The molecule has 1 saturated heterocycles. The fourth-order valence-electron chi connectivity index (χ4n) is 3.20. The van der Waals surface area contributed by atoms with E-state index in [0.717, 1.165) is 38.9 Å². The van der Waals surface area contributed by atoms with E-state index in [9.17, 15) is 4.79 Å². The highest BCUT2D eigenvalue weighted by Gasteiger charge is 2.25. The molecule has 0 aromatic carbocycles. The molecule has 0 aromatic heterocycles. The maximum Gasteiger partial charge on any atom is 0.221 e. The van der Waals surface area contributed by atoms with Crippen molar-refractivity contribution < 1.29 is 4.79 Å². The second-order valence-electron chi connectivity index (χ2n) is 6.16. The number of amides is 1. The van der Waals surface area contributed by atoms with Gasteiger partial charge in [0.25, 0.3) is 0 Å². The Bertz CT molecular complexity index is 386. The number of hydrogen-bond acceptors (Lipinski definition) is 2. The van der Waals surface area contributed by atoms with Gasteiger partial charge in [-0.05, 0) is 51.5 Å². The molecule has 1 aliphatic carbocycles. The second kappa shape index (κ2) is 6.38. The number of primary amides is 1. The predicted octanol–water partition coefficient (Wildman–Crippen LogP) is 2.49. The smallest absolute Gasteiger partial charge is 0.221 e. The average molecular weight is 262 g/mol. The molecule has 3 heteroatoms. The normalized spacial score (nSPS) is 28.8. The molecule has 2 N–H and O–H groups in total. The number of allylic oxidation sites excluding steroid dienone is 2. The SMILES string of the molecule is C=C(C)C1CC=C(CN2CCCC(C(N)=O)C2)CC1.